The number of aryl methyl sites for hydroxylation is 4. The molecule has 2 aromatic rings. The summed E-state index contributed by atoms with van der Waals surface area (Å²) < 4.78 is 2.29. The lowest BCUT2D eigenvalue weighted by Gasteiger charge is -2.09. The largest absolute Gasteiger partial charge is 0.481 e. The van der Waals surface area contributed by atoms with Gasteiger partial charge < -0.3 is 9.67 Å². The number of unbranched alkanes of at least 4 members (excludes halogenated alkanes) is 2. The third-order valence-corrected chi connectivity index (χ3v) is 4.22. The third kappa shape index (κ3) is 3.87. The van der Waals surface area contributed by atoms with Gasteiger partial charge in [0.05, 0.1) is 11.0 Å². The molecule has 0 unspecified atom stereocenters. The molecule has 0 saturated carbocycles. The number of imidazole rings is 1. The lowest BCUT2D eigenvalue weighted by Crippen LogP contribution is -2.05. The first-order valence-electron chi connectivity index (χ1n) is 8.21. The summed E-state index contributed by atoms with van der Waals surface area (Å²) in [6, 6.07) is 4.37. The Morgan fingerprint density at radius 2 is 1.91 bits per heavy atom. The van der Waals surface area contributed by atoms with Gasteiger partial charge in [-0.25, -0.2) is 4.98 Å². The molecule has 0 bridgehead atoms. The summed E-state index contributed by atoms with van der Waals surface area (Å²) in [6.07, 6.45) is 5.12. The number of benzene rings is 1. The van der Waals surface area contributed by atoms with Gasteiger partial charge in [0.2, 0.25) is 0 Å². The maximum atomic E-state index is 10.6. The normalized spacial score (nSPS) is 11.2. The minimum atomic E-state index is -0.715. The van der Waals surface area contributed by atoms with Gasteiger partial charge in [-0.15, -0.1) is 0 Å². The molecule has 0 amide bonds. The zero-order valence-corrected chi connectivity index (χ0v) is 13.9. The van der Waals surface area contributed by atoms with E-state index in [0.29, 0.717) is 6.42 Å². The first-order chi connectivity index (χ1) is 10.5. The second kappa shape index (κ2) is 7.43. The van der Waals surface area contributed by atoms with E-state index in [2.05, 4.69) is 37.5 Å². The standard InChI is InChI=1S/C18H26N2O2/c1-4-5-8-17-19-15-11-13(2)14(3)12-16(15)20(17)10-7-6-9-18(21)22/h11-12H,4-10H2,1-3H3,(H,21,22). The Hall–Kier alpha value is -1.84. The molecule has 4 nitrogen and oxygen atoms in total. The quantitative estimate of drug-likeness (QED) is 0.742. The van der Waals surface area contributed by atoms with Crippen LogP contribution < -0.4 is 0 Å². The smallest absolute Gasteiger partial charge is 0.303 e. The molecule has 0 spiro atoms. The highest BCUT2D eigenvalue weighted by molar-refractivity contribution is 5.78. The van der Waals surface area contributed by atoms with Gasteiger partial charge >= 0.3 is 5.97 Å². The van der Waals surface area contributed by atoms with Gasteiger partial charge in [-0.3, -0.25) is 4.79 Å². The van der Waals surface area contributed by atoms with Crippen LogP contribution in [0, 0.1) is 13.8 Å². The van der Waals surface area contributed by atoms with E-state index in [-0.39, 0.29) is 6.42 Å². The van der Waals surface area contributed by atoms with E-state index in [1.54, 1.807) is 0 Å². The predicted octanol–water partition coefficient (Wildman–Crippen LogP) is 4.25. The highest BCUT2D eigenvalue weighted by Crippen LogP contribution is 2.22. The maximum absolute atomic E-state index is 10.6. The van der Waals surface area contributed by atoms with Crippen LogP contribution in [-0.4, -0.2) is 20.6 Å². The van der Waals surface area contributed by atoms with Crippen LogP contribution in [0.1, 0.15) is 56.0 Å². The minimum absolute atomic E-state index is 0.245. The summed E-state index contributed by atoms with van der Waals surface area (Å²) >= 11 is 0. The Labute approximate surface area is 132 Å². The van der Waals surface area contributed by atoms with Gasteiger partial charge in [-0.1, -0.05) is 13.3 Å². The molecule has 2 rings (SSSR count). The molecule has 0 atom stereocenters. The van der Waals surface area contributed by atoms with E-state index in [9.17, 15) is 4.79 Å². The fraction of sp³-hybridized carbons (Fsp3) is 0.556. The van der Waals surface area contributed by atoms with Crippen LogP contribution in [0.15, 0.2) is 12.1 Å². The van der Waals surface area contributed by atoms with Crippen molar-refractivity contribution < 1.29 is 9.90 Å². The van der Waals surface area contributed by atoms with E-state index in [1.165, 1.54) is 16.6 Å². The minimum Gasteiger partial charge on any atom is -0.481 e. The van der Waals surface area contributed by atoms with Crippen molar-refractivity contribution in [2.24, 2.45) is 0 Å². The number of aliphatic carboxylic acids is 1. The van der Waals surface area contributed by atoms with Gasteiger partial charge in [0.25, 0.3) is 0 Å². The SMILES string of the molecule is CCCCc1nc2cc(C)c(C)cc2n1CCCCC(=O)O. The van der Waals surface area contributed by atoms with Gasteiger partial charge in [-0.05, 0) is 56.4 Å². The number of aromatic nitrogens is 2. The fourth-order valence-electron chi connectivity index (χ4n) is 2.75. The van der Waals surface area contributed by atoms with E-state index in [0.717, 1.165) is 43.6 Å². The van der Waals surface area contributed by atoms with Gasteiger partial charge in [-0.2, -0.15) is 0 Å². The molecule has 22 heavy (non-hydrogen) atoms. The van der Waals surface area contributed by atoms with Crippen molar-refractivity contribution in [3.8, 4) is 0 Å². The molecule has 1 aromatic carbocycles. The third-order valence-electron chi connectivity index (χ3n) is 4.22. The molecule has 4 heteroatoms. The molecular formula is C18H26N2O2. The molecule has 0 radical (unpaired) electrons. The second-order valence-corrected chi connectivity index (χ2v) is 6.06. The van der Waals surface area contributed by atoms with E-state index in [1.807, 2.05) is 0 Å². The Morgan fingerprint density at radius 1 is 1.18 bits per heavy atom. The lowest BCUT2D eigenvalue weighted by molar-refractivity contribution is -0.137. The van der Waals surface area contributed by atoms with Crippen LogP contribution in [0.2, 0.25) is 0 Å². The Balaban J connectivity index is 2.26. The zero-order chi connectivity index (χ0) is 16.1. The molecule has 1 aromatic heterocycles. The zero-order valence-electron chi connectivity index (χ0n) is 13.9. The Bertz CT molecular complexity index is 659. The highest BCUT2D eigenvalue weighted by atomic mass is 16.4. The molecule has 0 aliphatic carbocycles. The molecule has 120 valence electrons. The summed E-state index contributed by atoms with van der Waals surface area (Å²) in [7, 11) is 0. The van der Waals surface area contributed by atoms with Crippen LogP contribution in [0.4, 0.5) is 0 Å². The van der Waals surface area contributed by atoms with Crippen LogP contribution in [0.5, 0.6) is 0 Å². The Kier molecular flexibility index (Phi) is 5.58. The molecule has 1 N–H and O–H groups in total. The summed E-state index contributed by atoms with van der Waals surface area (Å²) in [6.45, 7) is 7.29. The van der Waals surface area contributed by atoms with Gasteiger partial charge in [0.1, 0.15) is 5.82 Å². The van der Waals surface area contributed by atoms with Crippen molar-refractivity contribution in [1.82, 2.24) is 9.55 Å². The van der Waals surface area contributed by atoms with E-state index < -0.39 is 5.97 Å². The van der Waals surface area contributed by atoms with Crippen molar-refractivity contribution in [2.45, 2.75) is 65.8 Å². The molecule has 0 saturated heterocycles. The molecular weight excluding hydrogens is 276 g/mol. The van der Waals surface area contributed by atoms with Crippen LogP contribution >= 0.6 is 0 Å². The van der Waals surface area contributed by atoms with Crippen LogP contribution in [0.25, 0.3) is 11.0 Å². The first-order valence-corrected chi connectivity index (χ1v) is 8.21. The first kappa shape index (κ1) is 16.5. The Morgan fingerprint density at radius 3 is 2.59 bits per heavy atom. The van der Waals surface area contributed by atoms with Crippen molar-refractivity contribution >= 4 is 17.0 Å². The van der Waals surface area contributed by atoms with Gasteiger partial charge in [0.15, 0.2) is 0 Å². The monoisotopic (exact) mass is 302 g/mol. The van der Waals surface area contributed by atoms with Gasteiger partial charge in [0, 0.05) is 19.4 Å². The lowest BCUT2D eigenvalue weighted by atomic mass is 10.1. The number of carboxylic acids is 1. The summed E-state index contributed by atoms with van der Waals surface area (Å²) in [4.78, 5) is 15.5. The highest BCUT2D eigenvalue weighted by Gasteiger charge is 2.11. The van der Waals surface area contributed by atoms with Crippen molar-refractivity contribution in [3.05, 3.63) is 29.1 Å². The summed E-state index contributed by atoms with van der Waals surface area (Å²) in [5, 5.41) is 8.76. The molecule has 0 aliphatic rings. The molecule has 0 fully saturated rings. The molecule has 1 heterocycles. The summed E-state index contributed by atoms with van der Waals surface area (Å²) in [5.41, 5.74) is 4.79. The number of nitrogens with zero attached hydrogens (tertiary/aromatic N) is 2. The molecule has 0 aliphatic heterocycles. The van der Waals surface area contributed by atoms with Crippen LogP contribution in [0.3, 0.4) is 0 Å². The second-order valence-electron chi connectivity index (χ2n) is 6.06. The maximum Gasteiger partial charge on any atom is 0.303 e. The average Bonchev–Trinajstić information content (AvgIpc) is 2.79. The van der Waals surface area contributed by atoms with Crippen LogP contribution in [-0.2, 0) is 17.8 Å². The number of fused-ring (bicyclic) bond motifs is 1. The van der Waals surface area contributed by atoms with Crippen molar-refractivity contribution in [1.29, 1.82) is 0 Å². The predicted molar refractivity (Wildman–Crippen MR) is 89.3 cm³/mol. The number of hydrogen-bond donors (Lipinski definition) is 1. The number of carboxylic acid groups (broad SMARTS) is 1. The number of hydrogen-bond acceptors (Lipinski definition) is 2. The summed E-state index contributed by atoms with van der Waals surface area (Å²) in [5.74, 6) is 0.422. The van der Waals surface area contributed by atoms with Crippen molar-refractivity contribution in [3.63, 3.8) is 0 Å². The van der Waals surface area contributed by atoms with E-state index in [4.69, 9.17) is 10.1 Å². The van der Waals surface area contributed by atoms with E-state index >= 15 is 0 Å². The average molecular weight is 302 g/mol. The number of carbonyl (C=O) groups is 1. The fourth-order valence-corrected chi connectivity index (χ4v) is 2.75. The topological polar surface area (TPSA) is 55.1 Å². The van der Waals surface area contributed by atoms with Crippen molar-refractivity contribution in [2.75, 3.05) is 0 Å². The number of rotatable bonds is 8.